The fourth-order valence-corrected chi connectivity index (χ4v) is 3.67. The van der Waals surface area contributed by atoms with Crippen LogP contribution in [0.1, 0.15) is 28.1 Å². The molecule has 3 aromatic rings. The first-order valence-corrected chi connectivity index (χ1v) is 11.0. The van der Waals surface area contributed by atoms with Crippen LogP contribution >= 0.6 is 11.8 Å². The van der Waals surface area contributed by atoms with Gasteiger partial charge in [0.15, 0.2) is 5.16 Å². The lowest BCUT2D eigenvalue weighted by atomic mass is 10.1. The predicted molar refractivity (Wildman–Crippen MR) is 125 cm³/mol. The molecule has 0 spiro atoms. The number of aromatic nitrogens is 3. The van der Waals surface area contributed by atoms with Crippen molar-refractivity contribution in [3.05, 3.63) is 64.5 Å². The second-order valence-corrected chi connectivity index (χ2v) is 8.56. The lowest BCUT2D eigenvalue weighted by Crippen LogP contribution is -2.17. The molecule has 0 saturated heterocycles. The van der Waals surface area contributed by atoms with E-state index in [0.29, 0.717) is 11.0 Å². The van der Waals surface area contributed by atoms with Crippen LogP contribution in [-0.2, 0) is 23.1 Å². The molecule has 7 nitrogen and oxygen atoms in total. The van der Waals surface area contributed by atoms with Gasteiger partial charge in [-0.2, -0.15) is 0 Å². The number of carbonyl (C=O) groups is 2. The molecule has 0 atom stereocenters. The third-order valence-corrected chi connectivity index (χ3v) is 6.18. The van der Waals surface area contributed by atoms with E-state index < -0.39 is 0 Å². The van der Waals surface area contributed by atoms with Gasteiger partial charge in [0.05, 0.1) is 12.2 Å². The number of thioether (sulfide) groups is 1. The van der Waals surface area contributed by atoms with Crippen molar-refractivity contribution in [1.29, 1.82) is 0 Å². The molecule has 0 aliphatic heterocycles. The highest BCUT2D eigenvalue weighted by Crippen LogP contribution is 2.19. The zero-order valence-electron chi connectivity index (χ0n) is 18.4. The number of nitrogens with one attached hydrogen (secondary N) is 2. The predicted octanol–water partition coefficient (Wildman–Crippen LogP) is 3.96. The largest absolute Gasteiger partial charge is 0.326 e. The summed E-state index contributed by atoms with van der Waals surface area (Å²) in [5.74, 6) is 0.458. The Morgan fingerprint density at radius 1 is 0.839 bits per heavy atom. The Morgan fingerprint density at radius 2 is 1.39 bits per heavy atom. The Bertz CT molecular complexity index is 1120. The maximum absolute atomic E-state index is 12.4. The second-order valence-electron chi connectivity index (χ2n) is 7.62. The number of hydrogen-bond donors (Lipinski definition) is 2. The standard InChI is InChI=1S/C23H27N5O2S/c1-14-6-8-18(10-16(14)3)24-21(29)12-20-26-27-23(28(20)5)31-13-22(30)25-19-9-7-15(2)17(4)11-19/h6-11H,12-13H2,1-5H3,(H,24,29)(H,25,30). The van der Waals surface area contributed by atoms with Gasteiger partial charge in [-0.05, 0) is 74.2 Å². The summed E-state index contributed by atoms with van der Waals surface area (Å²) >= 11 is 1.28. The Hall–Kier alpha value is -3.13. The van der Waals surface area contributed by atoms with E-state index in [1.54, 1.807) is 11.6 Å². The van der Waals surface area contributed by atoms with E-state index in [2.05, 4.69) is 20.8 Å². The minimum Gasteiger partial charge on any atom is -0.326 e. The fourth-order valence-electron chi connectivity index (χ4n) is 2.94. The molecule has 1 aromatic heterocycles. The minimum atomic E-state index is -0.164. The van der Waals surface area contributed by atoms with Gasteiger partial charge in [0.25, 0.3) is 0 Å². The van der Waals surface area contributed by atoms with E-state index in [1.807, 2.05) is 64.1 Å². The number of rotatable bonds is 7. The van der Waals surface area contributed by atoms with Gasteiger partial charge in [0.2, 0.25) is 11.8 Å². The normalized spacial score (nSPS) is 10.7. The molecule has 162 valence electrons. The molecule has 0 saturated carbocycles. The lowest BCUT2D eigenvalue weighted by molar-refractivity contribution is -0.116. The van der Waals surface area contributed by atoms with Gasteiger partial charge in [-0.1, -0.05) is 23.9 Å². The van der Waals surface area contributed by atoms with Gasteiger partial charge >= 0.3 is 0 Å². The number of aryl methyl sites for hydroxylation is 4. The average Bonchev–Trinajstić information content (AvgIpc) is 3.05. The van der Waals surface area contributed by atoms with E-state index in [-0.39, 0.29) is 24.0 Å². The monoisotopic (exact) mass is 437 g/mol. The van der Waals surface area contributed by atoms with Crippen molar-refractivity contribution in [3.8, 4) is 0 Å². The lowest BCUT2D eigenvalue weighted by Gasteiger charge is -2.08. The molecule has 0 aliphatic rings. The summed E-state index contributed by atoms with van der Waals surface area (Å²) in [4.78, 5) is 24.7. The van der Waals surface area contributed by atoms with E-state index in [0.717, 1.165) is 22.5 Å². The molecule has 1 heterocycles. The molecule has 2 aromatic carbocycles. The molecule has 0 unspecified atom stereocenters. The van der Waals surface area contributed by atoms with Crippen molar-refractivity contribution in [3.63, 3.8) is 0 Å². The number of anilines is 2. The van der Waals surface area contributed by atoms with E-state index >= 15 is 0 Å². The van der Waals surface area contributed by atoms with Gasteiger partial charge in [0, 0.05) is 18.4 Å². The Balaban J connectivity index is 1.54. The Labute approximate surface area is 186 Å². The van der Waals surface area contributed by atoms with Crippen molar-refractivity contribution in [2.45, 2.75) is 39.3 Å². The molecular formula is C23H27N5O2S. The molecule has 0 radical (unpaired) electrons. The maximum atomic E-state index is 12.4. The van der Waals surface area contributed by atoms with Gasteiger partial charge in [-0.25, -0.2) is 0 Å². The van der Waals surface area contributed by atoms with Crippen LogP contribution in [0.3, 0.4) is 0 Å². The third kappa shape index (κ3) is 5.95. The van der Waals surface area contributed by atoms with Crippen molar-refractivity contribution in [2.75, 3.05) is 16.4 Å². The van der Waals surface area contributed by atoms with Gasteiger partial charge in [-0.15, -0.1) is 10.2 Å². The minimum absolute atomic E-state index is 0.103. The summed E-state index contributed by atoms with van der Waals surface area (Å²) in [7, 11) is 1.79. The van der Waals surface area contributed by atoms with Crippen molar-refractivity contribution >= 4 is 35.0 Å². The fraction of sp³-hybridized carbons (Fsp3) is 0.304. The molecule has 2 N–H and O–H groups in total. The van der Waals surface area contributed by atoms with Crippen LogP contribution in [0, 0.1) is 27.7 Å². The molecule has 8 heteroatoms. The van der Waals surface area contributed by atoms with Crippen LogP contribution < -0.4 is 10.6 Å². The van der Waals surface area contributed by atoms with Crippen LogP contribution in [0.15, 0.2) is 41.6 Å². The summed E-state index contributed by atoms with van der Waals surface area (Å²) in [6.07, 6.45) is 0.103. The molecule has 0 aliphatic carbocycles. The highest BCUT2D eigenvalue weighted by molar-refractivity contribution is 7.99. The van der Waals surface area contributed by atoms with Crippen LogP contribution in [0.5, 0.6) is 0 Å². The first kappa shape index (κ1) is 22.6. The van der Waals surface area contributed by atoms with E-state index in [4.69, 9.17) is 0 Å². The Kier molecular flexibility index (Phi) is 7.12. The molecule has 2 amide bonds. The van der Waals surface area contributed by atoms with Crippen molar-refractivity contribution < 1.29 is 9.59 Å². The summed E-state index contributed by atoms with van der Waals surface area (Å²) < 4.78 is 1.74. The first-order chi connectivity index (χ1) is 14.7. The molecule has 31 heavy (non-hydrogen) atoms. The zero-order valence-corrected chi connectivity index (χ0v) is 19.3. The van der Waals surface area contributed by atoms with Crippen molar-refractivity contribution in [2.24, 2.45) is 7.05 Å². The van der Waals surface area contributed by atoms with Crippen LogP contribution in [-0.4, -0.2) is 32.3 Å². The SMILES string of the molecule is Cc1ccc(NC(=O)CSc2nnc(CC(=O)Nc3ccc(C)c(C)c3)n2C)cc1C. The van der Waals surface area contributed by atoms with Crippen LogP contribution in [0.2, 0.25) is 0 Å². The summed E-state index contributed by atoms with van der Waals surface area (Å²) in [6.45, 7) is 8.08. The Morgan fingerprint density at radius 3 is 1.94 bits per heavy atom. The highest BCUT2D eigenvalue weighted by atomic mass is 32.2. The average molecular weight is 438 g/mol. The summed E-state index contributed by atoms with van der Waals surface area (Å²) in [5.41, 5.74) is 6.13. The van der Waals surface area contributed by atoms with E-state index in [9.17, 15) is 9.59 Å². The second kappa shape index (κ2) is 9.78. The first-order valence-electron chi connectivity index (χ1n) is 9.98. The topological polar surface area (TPSA) is 88.9 Å². The number of carbonyl (C=O) groups excluding carboxylic acids is 2. The molecule has 0 fully saturated rings. The van der Waals surface area contributed by atoms with Crippen LogP contribution in [0.4, 0.5) is 11.4 Å². The third-order valence-electron chi connectivity index (χ3n) is 5.16. The van der Waals surface area contributed by atoms with Gasteiger partial charge < -0.3 is 15.2 Å². The summed E-state index contributed by atoms with van der Waals surface area (Å²) in [5, 5.41) is 14.6. The van der Waals surface area contributed by atoms with Crippen molar-refractivity contribution in [1.82, 2.24) is 14.8 Å². The quantitative estimate of drug-likeness (QED) is 0.546. The number of nitrogens with zero attached hydrogens (tertiary/aromatic N) is 3. The number of hydrogen-bond acceptors (Lipinski definition) is 5. The molecule has 0 bridgehead atoms. The molecular weight excluding hydrogens is 410 g/mol. The smallest absolute Gasteiger partial charge is 0.234 e. The van der Waals surface area contributed by atoms with Crippen LogP contribution in [0.25, 0.3) is 0 Å². The zero-order chi connectivity index (χ0) is 22.5. The van der Waals surface area contributed by atoms with Gasteiger partial charge in [0.1, 0.15) is 5.82 Å². The number of amides is 2. The van der Waals surface area contributed by atoms with Gasteiger partial charge in [-0.3, -0.25) is 9.59 Å². The number of benzene rings is 2. The maximum Gasteiger partial charge on any atom is 0.234 e. The van der Waals surface area contributed by atoms with E-state index in [1.165, 1.54) is 22.9 Å². The summed E-state index contributed by atoms with van der Waals surface area (Å²) in [6, 6.07) is 11.6. The highest BCUT2D eigenvalue weighted by Gasteiger charge is 2.15. The molecule has 3 rings (SSSR count).